The summed E-state index contributed by atoms with van der Waals surface area (Å²) in [5.41, 5.74) is 2.90. The summed E-state index contributed by atoms with van der Waals surface area (Å²) >= 11 is 1.74. The lowest BCUT2D eigenvalue weighted by Gasteiger charge is -2.06. The normalized spacial score (nSPS) is 10.2. The Hall–Kier alpha value is -2.27. The van der Waals surface area contributed by atoms with Gasteiger partial charge in [-0.25, -0.2) is 4.79 Å². The molecule has 0 aromatic heterocycles. The number of carboxylic acids is 1. The third-order valence-corrected chi connectivity index (χ3v) is 3.80. The number of thioether (sulfide) groups is 1. The number of carbonyl (C=O) groups is 2. The molecule has 0 fully saturated rings. The highest BCUT2D eigenvalue weighted by atomic mass is 32.2. The second-order valence-corrected chi connectivity index (χ2v) is 5.68. The fourth-order valence-electron chi connectivity index (χ4n) is 1.97. The number of nitrogens with one attached hydrogen (secondary N) is 1. The predicted molar refractivity (Wildman–Crippen MR) is 88.2 cm³/mol. The number of carboxylic acid groups (broad SMARTS) is 1. The van der Waals surface area contributed by atoms with Gasteiger partial charge >= 0.3 is 5.97 Å². The molecule has 2 aromatic rings. The van der Waals surface area contributed by atoms with Gasteiger partial charge in [0.2, 0.25) is 0 Å². The minimum absolute atomic E-state index is 0.141. The van der Waals surface area contributed by atoms with E-state index in [4.69, 9.17) is 5.11 Å². The van der Waals surface area contributed by atoms with E-state index in [0.29, 0.717) is 12.1 Å². The van der Waals surface area contributed by atoms with Gasteiger partial charge in [-0.2, -0.15) is 11.8 Å². The summed E-state index contributed by atoms with van der Waals surface area (Å²) < 4.78 is 0. The molecule has 2 rings (SSSR count). The van der Waals surface area contributed by atoms with E-state index in [1.54, 1.807) is 23.9 Å². The number of amides is 1. The zero-order valence-corrected chi connectivity index (χ0v) is 13.0. The maximum Gasteiger partial charge on any atom is 0.335 e. The van der Waals surface area contributed by atoms with E-state index in [1.807, 2.05) is 30.5 Å². The van der Waals surface area contributed by atoms with Crippen LogP contribution in [0.15, 0.2) is 48.5 Å². The van der Waals surface area contributed by atoms with Crippen molar-refractivity contribution in [2.75, 3.05) is 6.26 Å². The molecule has 2 aromatic carbocycles. The van der Waals surface area contributed by atoms with E-state index in [2.05, 4.69) is 5.32 Å². The Balaban J connectivity index is 1.93. The van der Waals surface area contributed by atoms with Crippen LogP contribution in [0.2, 0.25) is 0 Å². The van der Waals surface area contributed by atoms with Crippen LogP contribution in [0.1, 0.15) is 31.8 Å². The SMILES string of the molecule is CSCc1ccc(C(=O)NCc2ccc(C(=O)O)cc2)cc1. The lowest BCUT2D eigenvalue weighted by molar-refractivity contribution is 0.0696. The van der Waals surface area contributed by atoms with Gasteiger partial charge in [0, 0.05) is 17.9 Å². The Morgan fingerprint density at radius 2 is 1.50 bits per heavy atom. The van der Waals surface area contributed by atoms with E-state index in [0.717, 1.165) is 11.3 Å². The first-order chi connectivity index (χ1) is 10.6. The summed E-state index contributed by atoms with van der Waals surface area (Å²) in [5.74, 6) is -0.170. The largest absolute Gasteiger partial charge is 0.478 e. The fraction of sp³-hybridized carbons (Fsp3) is 0.176. The van der Waals surface area contributed by atoms with Crippen molar-refractivity contribution >= 4 is 23.6 Å². The van der Waals surface area contributed by atoms with Crippen molar-refractivity contribution in [1.82, 2.24) is 5.32 Å². The van der Waals surface area contributed by atoms with Crippen LogP contribution in [-0.4, -0.2) is 23.2 Å². The van der Waals surface area contributed by atoms with Gasteiger partial charge in [-0.1, -0.05) is 24.3 Å². The van der Waals surface area contributed by atoms with E-state index in [9.17, 15) is 9.59 Å². The Bertz CT molecular complexity index is 651. The molecular formula is C17H17NO3S. The summed E-state index contributed by atoms with van der Waals surface area (Å²) in [6.07, 6.45) is 2.04. The van der Waals surface area contributed by atoms with Gasteiger partial charge in [-0.3, -0.25) is 4.79 Å². The number of benzene rings is 2. The van der Waals surface area contributed by atoms with Gasteiger partial charge < -0.3 is 10.4 Å². The van der Waals surface area contributed by atoms with Crippen LogP contribution in [0.3, 0.4) is 0 Å². The van der Waals surface area contributed by atoms with Gasteiger partial charge in [0.15, 0.2) is 0 Å². The molecule has 0 aliphatic rings. The van der Waals surface area contributed by atoms with E-state index >= 15 is 0 Å². The highest BCUT2D eigenvalue weighted by Gasteiger charge is 2.06. The first kappa shape index (κ1) is 16.1. The smallest absolute Gasteiger partial charge is 0.335 e. The first-order valence-electron chi connectivity index (χ1n) is 6.78. The van der Waals surface area contributed by atoms with Crippen LogP contribution in [0.5, 0.6) is 0 Å². The van der Waals surface area contributed by atoms with Crippen LogP contribution in [0.25, 0.3) is 0 Å². The molecule has 0 saturated heterocycles. The van der Waals surface area contributed by atoms with Crippen molar-refractivity contribution < 1.29 is 14.7 Å². The number of hydrogen-bond donors (Lipinski definition) is 2. The Morgan fingerprint density at radius 3 is 2.05 bits per heavy atom. The van der Waals surface area contributed by atoms with E-state index < -0.39 is 5.97 Å². The van der Waals surface area contributed by atoms with Gasteiger partial charge in [0.1, 0.15) is 0 Å². The molecule has 114 valence electrons. The molecule has 0 unspecified atom stereocenters. The highest BCUT2D eigenvalue weighted by molar-refractivity contribution is 7.97. The summed E-state index contributed by atoms with van der Waals surface area (Å²) in [6.45, 7) is 0.366. The zero-order chi connectivity index (χ0) is 15.9. The summed E-state index contributed by atoms with van der Waals surface area (Å²) in [4.78, 5) is 22.8. The number of aromatic carboxylic acids is 1. The molecule has 0 spiro atoms. The number of rotatable bonds is 6. The Morgan fingerprint density at radius 1 is 0.955 bits per heavy atom. The third-order valence-electron chi connectivity index (χ3n) is 3.18. The minimum atomic E-state index is -0.957. The maximum absolute atomic E-state index is 12.1. The average molecular weight is 315 g/mol. The lowest BCUT2D eigenvalue weighted by Crippen LogP contribution is -2.22. The van der Waals surface area contributed by atoms with E-state index in [1.165, 1.54) is 17.7 Å². The highest BCUT2D eigenvalue weighted by Crippen LogP contribution is 2.11. The molecule has 2 N–H and O–H groups in total. The predicted octanol–water partition coefficient (Wildman–Crippen LogP) is 3.18. The first-order valence-corrected chi connectivity index (χ1v) is 8.18. The van der Waals surface area contributed by atoms with Crippen LogP contribution in [0.4, 0.5) is 0 Å². The second kappa shape index (κ2) is 7.66. The summed E-state index contributed by atoms with van der Waals surface area (Å²) in [7, 11) is 0. The summed E-state index contributed by atoms with van der Waals surface area (Å²) in [6, 6.07) is 14.0. The molecule has 5 heteroatoms. The quantitative estimate of drug-likeness (QED) is 0.859. The fourth-order valence-corrected chi connectivity index (χ4v) is 2.49. The Kier molecular flexibility index (Phi) is 5.61. The van der Waals surface area contributed by atoms with Gasteiger partial charge in [0.05, 0.1) is 5.56 Å². The average Bonchev–Trinajstić information content (AvgIpc) is 2.54. The zero-order valence-electron chi connectivity index (χ0n) is 12.2. The molecule has 0 bridgehead atoms. The molecule has 0 heterocycles. The molecule has 22 heavy (non-hydrogen) atoms. The monoisotopic (exact) mass is 315 g/mol. The van der Waals surface area contributed by atoms with E-state index in [-0.39, 0.29) is 11.5 Å². The Labute approximate surface area is 133 Å². The van der Waals surface area contributed by atoms with Crippen molar-refractivity contribution in [3.8, 4) is 0 Å². The molecule has 0 aliphatic carbocycles. The standard InChI is InChI=1S/C17H17NO3S/c1-22-11-13-4-6-14(7-5-13)16(19)18-10-12-2-8-15(9-3-12)17(20)21/h2-9H,10-11H2,1H3,(H,18,19)(H,20,21). The van der Waals surface area contributed by atoms with Crippen molar-refractivity contribution in [2.45, 2.75) is 12.3 Å². The van der Waals surface area contributed by atoms with Crippen LogP contribution >= 0.6 is 11.8 Å². The molecule has 0 aliphatic heterocycles. The van der Waals surface area contributed by atoms with Crippen molar-refractivity contribution in [1.29, 1.82) is 0 Å². The van der Waals surface area contributed by atoms with Crippen LogP contribution < -0.4 is 5.32 Å². The van der Waals surface area contributed by atoms with Crippen LogP contribution in [-0.2, 0) is 12.3 Å². The lowest BCUT2D eigenvalue weighted by atomic mass is 10.1. The molecule has 0 atom stereocenters. The topological polar surface area (TPSA) is 66.4 Å². The molecule has 4 nitrogen and oxygen atoms in total. The van der Waals surface area contributed by atoms with Crippen LogP contribution in [0, 0.1) is 0 Å². The molecule has 0 radical (unpaired) electrons. The van der Waals surface area contributed by atoms with Gasteiger partial charge in [-0.15, -0.1) is 0 Å². The maximum atomic E-state index is 12.1. The van der Waals surface area contributed by atoms with Crippen molar-refractivity contribution in [3.05, 3.63) is 70.8 Å². The second-order valence-electron chi connectivity index (χ2n) is 4.81. The van der Waals surface area contributed by atoms with Gasteiger partial charge in [0.25, 0.3) is 5.91 Å². The third kappa shape index (κ3) is 4.36. The van der Waals surface area contributed by atoms with Gasteiger partial charge in [-0.05, 0) is 41.6 Å². The summed E-state index contributed by atoms with van der Waals surface area (Å²) in [5, 5.41) is 11.7. The minimum Gasteiger partial charge on any atom is -0.478 e. The number of hydrogen-bond acceptors (Lipinski definition) is 3. The van der Waals surface area contributed by atoms with Crippen molar-refractivity contribution in [3.63, 3.8) is 0 Å². The molecule has 0 saturated carbocycles. The molecule has 1 amide bonds. The van der Waals surface area contributed by atoms with Crippen molar-refractivity contribution in [2.24, 2.45) is 0 Å². The molecular weight excluding hydrogens is 298 g/mol. The number of carbonyl (C=O) groups excluding carboxylic acids is 1.